The summed E-state index contributed by atoms with van der Waals surface area (Å²) >= 11 is 9.88. The monoisotopic (exact) mass is 674 g/mol. The zero-order valence-corrected chi connectivity index (χ0v) is 28.2. The smallest absolute Gasteiger partial charge is 0.410 e. The number of hydrogen-bond acceptors (Lipinski definition) is 7. The van der Waals surface area contributed by atoms with Crippen LogP contribution in [0.2, 0.25) is 5.02 Å². The fourth-order valence-corrected chi connectivity index (χ4v) is 6.28. The van der Waals surface area contributed by atoms with Crippen LogP contribution in [0.5, 0.6) is 0 Å². The Labute approximate surface area is 269 Å². The summed E-state index contributed by atoms with van der Waals surface area (Å²) in [6, 6.07) is 8.94. The molecule has 2 amide bonds. The molecule has 3 heterocycles. The summed E-state index contributed by atoms with van der Waals surface area (Å²) in [5.74, 6) is 0. The van der Waals surface area contributed by atoms with Crippen LogP contribution in [0.1, 0.15) is 69.5 Å². The lowest BCUT2D eigenvalue weighted by atomic mass is 9.96. The Morgan fingerprint density at radius 1 is 1.19 bits per heavy atom. The van der Waals surface area contributed by atoms with E-state index in [4.69, 9.17) is 21.3 Å². The molecule has 234 valence electrons. The van der Waals surface area contributed by atoms with Crippen LogP contribution in [0, 0.1) is 0 Å². The van der Waals surface area contributed by atoms with E-state index in [1.165, 1.54) is 22.4 Å². The first-order valence-corrected chi connectivity index (χ1v) is 16.1. The minimum absolute atomic E-state index is 0.0589. The number of halogens is 2. The predicted octanol–water partition coefficient (Wildman–Crippen LogP) is 5.47. The van der Waals surface area contributed by atoms with E-state index >= 15 is 0 Å². The van der Waals surface area contributed by atoms with Crippen LogP contribution in [0.4, 0.5) is 4.79 Å². The molecule has 1 atom stereocenters. The number of nitrogens with one attached hydrogen (secondary N) is 2. The predicted molar refractivity (Wildman–Crippen MR) is 174 cm³/mol. The molecule has 2 aliphatic heterocycles. The molecule has 0 spiro atoms. The first-order valence-electron chi connectivity index (χ1n) is 15.0. The first kappa shape index (κ1) is 33.1. The van der Waals surface area contributed by atoms with Crippen molar-refractivity contribution in [1.82, 2.24) is 30.3 Å². The molecule has 1 saturated heterocycles. The second-order valence-electron chi connectivity index (χ2n) is 12.3. The van der Waals surface area contributed by atoms with Crippen LogP contribution >= 0.6 is 27.5 Å². The zero-order valence-electron chi connectivity index (χ0n) is 25.8. The Morgan fingerprint density at radius 3 is 2.58 bits per heavy atom. The van der Waals surface area contributed by atoms with Crippen LogP contribution in [0.3, 0.4) is 0 Å². The van der Waals surface area contributed by atoms with E-state index in [1.54, 1.807) is 4.90 Å². The van der Waals surface area contributed by atoms with E-state index in [0.717, 1.165) is 60.6 Å². The van der Waals surface area contributed by atoms with Gasteiger partial charge < -0.3 is 25.2 Å². The van der Waals surface area contributed by atoms with Gasteiger partial charge in [0, 0.05) is 72.8 Å². The number of aryl methyl sites for hydroxylation is 2. The molecule has 9 nitrogen and oxygen atoms in total. The third-order valence-electron chi connectivity index (χ3n) is 7.75. The van der Waals surface area contributed by atoms with E-state index in [1.807, 2.05) is 39.2 Å². The standard InChI is InChI=1S/C23H27BrClN3O2.C9H17N3O/c1-23(2,3)30-22(29)28-10-8-27(9-11-28)21-19-7-6-18(25)13-15(19)4-5-16-12-17(24)14-26-20(16)21;1-8(2)12-6-11-5-9(12)3-4-10-7-13/h6-7,12-14,21H,4-5,8-11H2,1-3H3;5,7-8,11H,3-4,6H2,1-2H3,(H,10,13). The molecule has 0 bridgehead atoms. The van der Waals surface area contributed by atoms with Gasteiger partial charge in [-0.05, 0) is 98.3 Å². The van der Waals surface area contributed by atoms with Gasteiger partial charge in [0.1, 0.15) is 5.60 Å². The number of pyridine rings is 1. The average Bonchev–Trinajstić information content (AvgIpc) is 3.37. The molecule has 1 aromatic carbocycles. The van der Waals surface area contributed by atoms with E-state index in [9.17, 15) is 9.59 Å². The van der Waals surface area contributed by atoms with Gasteiger partial charge in [-0.1, -0.05) is 17.7 Å². The maximum atomic E-state index is 12.5. The highest BCUT2D eigenvalue weighted by atomic mass is 79.9. The average molecular weight is 676 g/mol. The topological polar surface area (TPSA) is 90.0 Å². The van der Waals surface area contributed by atoms with Crippen molar-refractivity contribution in [3.8, 4) is 0 Å². The number of hydrogen-bond donors (Lipinski definition) is 2. The second kappa shape index (κ2) is 14.8. The lowest BCUT2D eigenvalue weighted by Crippen LogP contribution is -2.51. The van der Waals surface area contributed by atoms with Crippen LogP contribution in [0.25, 0.3) is 0 Å². The minimum Gasteiger partial charge on any atom is -0.444 e. The molecule has 1 fully saturated rings. The third-order valence-corrected chi connectivity index (χ3v) is 8.42. The SMILES string of the molecule is CC(C)(C)OC(=O)N1CCN(C2c3ccc(Cl)cc3CCc3cc(Br)cnc32)CC1.CC(C)N1CNC=C1CCNC=O. The zero-order chi connectivity index (χ0) is 31.1. The number of piperazine rings is 1. The van der Waals surface area contributed by atoms with E-state index in [2.05, 4.69) is 68.4 Å². The lowest BCUT2D eigenvalue weighted by molar-refractivity contribution is -0.109. The van der Waals surface area contributed by atoms with E-state index in [0.29, 0.717) is 25.7 Å². The molecule has 1 aliphatic carbocycles. The van der Waals surface area contributed by atoms with Crippen LogP contribution < -0.4 is 10.6 Å². The van der Waals surface area contributed by atoms with Gasteiger partial charge in [0.25, 0.3) is 0 Å². The minimum atomic E-state index is -0.482. The highest BCUT2D eigenvalue weighted by Crippen LogP contribution is 2.38. The Balaban J connectivity index is 0.000000273. The van der Waals surface area contributed by atoms with Crippen molar-refractivity contribution in [3.63, 3.8) is 0 Å². The molecule has 3 aliphatic rings. The molecule has 0 radical (unpaired) electrons. The van der Waals surface area contributed by atoms with E-state index < -0.39 is 5.60 Å². The van der Waals surface area contributed by atoms with Crippen LogP contribution in [-0.2, 0) is 22.4 Å². The quantitative estimate of drug-likeness (QED) is 0.310. The number of ether oxygens (including phenoxy) is 1. The molecule has 1 unspecified atom stereocenters. The fourth-order valence-electron chi connectivity index (χ4n) is 5.71. The summed E-state index contributed by atoms with van der Waals surface area (Å²) in [6.07, 6.45) is 7.17. The number of nitrogens with zero attached hydrogens (tertiary/aromatic N) is 4. The molecular weight excluding hydrogens is 632 g/mol. The number of amides is 2. The molecule has 2 aromatic rings. The van der Waals surface area contributed by atoms with Crippen LogP contribution in [0.15, 0.2) is 46.8 Å². The summed E-state index contributed by atoms with van der Waals surface area (Å²) in [4.78, 5) is 33.9. The van der Waals surface area contributed by atoms with Crippen molar-refractivity contribution in [2.24, 2.45) is 0 Å². The number of benzene rings is 1. The molecule has 1 aromatic heterocycles. The van der Waals surface area contributed by atoms with Gasteiger partial charge in [-0.2, -0.15) is 0 Å². The van der Waals surface area contributed by atoms with Gasteiger partial charge in [-0.25, -0.2) is 4.79 Å². The Morgan fingerprint density at radius 2 is 1.91 bits per heavy atom. The fraction of sp³-hybridized carbons (Fsp3) is 0.531. The number of rotatable bonds is 6. The van der Waals surface area contributed by atoms with Crippen molar-refractivity contribution < 1.29 is 14.3 Å². The van der Waals surface area contributed by atoms with Gasteiger partial charge in [0.05, 0.1) is 18.4 Å². The summed E-state index contributed by atoms with van der Waals surface area (Å²) in [6.45, 7) is 14.4. The maximum Gasteiger partial charge on any atom is 0.410 e. The molecular formula is C32H44BrClN6O3. The Kier molecular flexibility index (Phi) is 11.4. The largest absolute Gasteiger partial charge is 0.444 e. The maximum absolute atomic E-state index is 12.5. The third kappa shape index (κ3) is 8.86. The number of fused-ring (bicyclic) bond motifs is 2. The number of carbonyl (C=O) groups is 2. The first-order chi connectivity index (χ1) is 20.5. The van der Waals surface area contributed by atoms with Gasteiger partial charge in [0.2, 0.25) is 6.41 Å². The molecule has 0 saturated carbocycles. The Hall–Kier alpha value is -2.82. The van der Waals surface area contributed by atoms with Crippen molar-refractivity contribution >= 4 is 40.0 Å². The number of aromatic nitrogens is 1. The molecule has 11 heteroatoms. The lowest BCUT2D eigenvalue weighted by Gasteiger charge is -2.40. The molecule has 43 heavy (non-hydrogen) atoms. The van der Waals surface area contributed by atoms with Gasteiger partial charge in [-0.3, -0.25) is 14.7 Å². The summed E-state index contributed by atoms with van der Waals surface area (Å²) < 4.78 is 6.55. The summed E-state index contributed by atoms with van der Waals surface area (Å²) in [5.41, 5.74) is 5.68. The second-order valence-corrected chi connectivity index (χ2v) is 13.7. The Bertz CT molecular complexity index is 1250. The van der Waals surface area contributed by atoms with Crippen molar-refractivity contribution in [1.29, 1.82) is 0 Å². The van der Waals surface area contributed by atoms with Crippen LogP contribution in [-0.4, -0.2) is 83.2 Å². The summed E-state index contributed by atoms with van der Waals surface area (Å²) in [7, 11) is 0. The van der Waals surface area contributed by atoms with Crippen molar-refractivity contribution in [2.45, 2.75) is 71.6 Å². The highest BCUT2D eigenvalue weighted by Gasteiger charge is 2.34. The van der Waals surface area contributed by atoms with E-state index in [-0.39, 0.29) is 12.1 Å². The molecule has 5 rings (SSSR count). The highest BCUT2D eigenvalue weighted by molar-refractivity contribution is 9.10. The number of carbonyl (C=O) groups excluding carboxylic acids is 2. The van der Waals surface area contributed by atoms with Crippen molar-refractivity contribution in [2.75, 3.05) is 39.4 Å². The summed E-state index contributed by atoms with van der Waals surface area (Å²) in [5, 5.41) is 6.60. The van der Waals surface area contributed by atoms with Gasteiger partial charge >= 0.3 is 6.09 Å². The molecule has 2 N–H and O–H groups in total. The van der Waals surface area contributed by atoms with Gasteiger partial charge in [-0.15, -0.1) is 0 Å². The normalized spacial score (nSPS) is 18.4. The van der Waals surface area contributed by atoms with Gasteiger partial charge in [0.15, 0.2) is 0 Å². The van der Waals surface area contributed by atoms with Crippen molar-refractivity contribution in [3.05, 3.63) is 74.2 Å².